The molecule has 2 nitrogen and oxygen atoms in total. The Morgan fingerprint density at radius 3 is 2.10 bits per heavy atom. The van der Waals surface area contributed by atoms with Gasteiger partial charge in [-0.15, -0.1) is 0 Å². The molecule has 0 fully saturated rings. The van der Waals surface area contributed by atoms with Gasteiger partial charge in [-0.2, -0.15) is 0 Å². The van der Waals surface area contributed by atoms with E-state index in [-0.39, 0.29) is 0 Å². The highest BCUT2D eigenvalue weighted by Gasteiger charge is 2.02. The summed E-state index contributed by atoms with van der Waals surface area (Å²) in [6, 6.07) is 8.57. The van der Waals surface area contributed by atoms with E-state index < -0.39 is 0 Å². The van der Waals surface area contributed by atoms with Gasteiger partial charge in [0.1, 0.15) is 0 Å². The maximum atomic E-state index is 8.71. The molecule has 0 aliphatic heterocycles. The van der Waals surface area contributed by atoms with Crippen LogP contribution >= 0.6 is 0 Å². The molecule has 1 aromatic heterocycles. The highest BCUT2D eigenvalue weighted by atomic mass is 16.2. The second-order valence-electron chi connectivity index (χ2n) is 6.02. The van der Waals surface area contributed by atoms with Crippen LogP contribution in [0, 0.1) is 0 Å². The molecule has 2 aromatic rings. The van der Waals surface area contributed by atoms with Crippen LogP contribution in [0.5, 0.6) is 0 Å². The number of hydrogen-bond donors (Lipinski definition) is 2. The minimum atomic E-state index is 0.355. The number of aromatic amines is 1. The number of hydrogen-bond acceptors (Lipinski definition) is 1. The molecule has 0 aliphatic rings. The molecule has 0 saturated carbocycles. The Morgan fingerprint density at radius 1 is 0.762 bits per heavy atom. The summed E-state index contributed by atoms with van der Waals surface area (Å²) in [6.45, 7) is 0.355. The third-order valence-corrected chi connectivity index (χ3v) is 4.28. The largest absolute Gasteiger partial charge is 0.396 e. The van der Waals surface area contributed by atoms with Crippen molar-refractivity contribution in [3.63, 3.8) is 0 Å². The number of H-pyrrole nitrogens is 1. The number of aliphatic hydroxyl groups is 1. The first-order chi connectivity index (χ1) is 10.4. The van der Waals surface area contributed by atoms with E-state index in [0.717, 1.165) is 6.42 Å². The van der Waals surface area contributed by atoms with Crippen LogP contribution in [0.2, 0.25) is 0 Å². The first-order valence-corrected chi connectivity index (χ1v) is 8.57. The fourth-order valence-electron chi connectivity index (χ4n) is 3.00. The van der Waals surface area contributed by atoms with Crippen molar-refractivity contribution in [2.24, 2.45) is 0 Å². The molecule has 2 N–H and O–H groups in total. The molecular formula is C19H29NO. The van der Waals surface area contributed by atoms with Gasteiger partial charge >= 0.3 is 0 Å². The Labute approximate surface area is 128 Å². The van der Waals surface area contributed by atoms with Crippen molar-refractivity contribution in [3.05, 3.63) is 36.0 Å². The van der Waals surface area contributed by atoms with Crippen molar-refractivity contribution >= 4 is 10.9 Å². The van der Waals surface area contributed by atoms with E-state index in [9.17, 15) is 0 Å². The molecular weight excluding hydrogens is 258 g/mol. The van der Waals surface area contributed by atoms with E-state index in [4.69, 9.17) is 5.11 Å². The summed E-state index contributed by atoms with van der Waals surface area (Å²) >= 11 is 0. The molecule has 2 rings (SSSR count). The van der Waals surface area contributed by atoms with E-state index in [1.54, 1.807) is 0 Å². The molecule has 0 radical (unpaired) electrons. The molecule has 0 unspecified atom stereocenters. The molecule has 1 heterocycles. The lowest BCUT2D eigenvalue weighted by molar-refractivity contribution is 0.282. The number of fused-ring (bicyclic) bond motifs is 1. The second-order valence-corrected chi connectivity index (χ2v) is 6.02. The van der Waals surface area contributed by atoms with Gasteiger partial charge in [0.2, 0.25) is 0 Å². The van der Waals surface area contributed by atoms with Crippen LogP contribution in [0.1, 0.15) is 63.4 Å². The first kappa shape index (κ1) is 16.1. The molecule has 0 spiro atoms. The van der Waals surface area contributed by atoms with Gasteiger partial charge in [-0.05, 0) is 30.9 Å². The molecule has 0 saturated heterocycles. The Hall–Kier alpha value is -1.28. The lowest BCUT2D eigenvalue weighted by atomic mass is 10.0. The lowest BCUT2D eigenvalue weighted by Crippen LogP contribution is -1.86. The minimum Gasteiger partial charge on any atom is -0.396 e. The Morgan fingerprint density at radius 2 is 1.38 bits per heavy atom. The van der Waals surface area contributed by atoms with Crippen molar-refractivity contribution in [2.45, 2.75) is 64.2 Å². The van der Waals surface area contributed by atoms with Crippen LogP contribution in [0.3, 0.4) is 0 Å². The third-order valence-electron chi connectivity index (χ3n) is 4.28. The summed E-state index contributed by atoms with van der Waals surface area (Å²) < 4.78 is 0. The monoisotopic (exact) mass is 287 g/mol. The van der Waals surface area contributed by atoms with Gasteiger partial charge in [0.05, 0.1) is 0 Å². The molecule has 116 valence electrons. The Bertz CT molecular complexity index is 503. The highest BCUT2D eigenvalue weighted by molar-refractivity contribution is 5.82. The molecule has 2 heteroatoms. The van der Waals surface area contributed by atoms with Crippen LogP contribution in [0.4, 0.5) is 0 Å². The summed E-state index contributed by atoms with van der Waals surface area (Å²) in [6.07, 6.45) is 14.9. The topological polar surface area (TPSA) is 36.0 Å². The number of aryl methyl sites for hydroxylation is 1. The van der Waals surface area contributed by atoms with Crippen LogP contribution in [0.15, 0.2) is 30.5 Å². The van der Waals surface area contributed by atoms with Gasteiger partial charge in [-0.3, -0.25) is 0 Å². The summed E-state index contributed by atoms with van der Waals surface area (Å²) in [5.41, 5.74) is 2.73. The summed E-state index contributed by atoms with van der Waals surface area (Å²) in [5.74, 6) is 0. The van der Waals surface area contributed by atoms with Crippen molar-refractivity contribution in [1.82, 2.24) is 4.98 Å². The zero-order chi connectivity index (χ0) is 14.8. The number of para-hydroxylation sites is 1. The van der Waals surface area contributed by atoms with Crippen molar-refractivity contribution in [3.8, 4) is 0 Å². The van der Waals surface area contributed by atoms with Gasteiger partial charge in [0.25, 0.3) is 0 Å². The van der Waals surface area contributed by atoms with Crippen molar-refractivity contribution in [1.29, 1.82) is 0 Å². The average molecular weight is 287 g/mol. The fraction of sp³-hybridized carbons (Fsp3) is 0.579. The summed E-state index contributed by atoms with van der Waals surface area (Å²) in [5, 5.41) is 10.1. The number of rotatable bonds is 11. The number of aliphatic hydroxyl groups excluding tert-OH is 1. The number of aromatic nitrogens is 1. The van der Waals surface area contributed by atoms with Gasteiger partial charge < -0.3 is 10.1 Å². The van der Waals surface area contributed by atoms with Crippen LogP contribution in [-0.2, 0) is 6.42 Å². The lowest BCUT2D eigenvalue weighted by Gasteiger charge is -2.02. The maximum absolute atomic E-state index is 8.71. The van der Waals surface area contributed by atoms with Gasteiger partial charge in [0, 0.05) is 23.7 Å². The zero-order valence-corrected chi connectivity index (χ0v) is 13.1. The molecule has 1 aromatic carbocycles. The van der Waals surface area contributed by atoms with E-state index >= 15 is 0 Å². The summed E-state index contributed by atoms with van der Waals surface area (Å²) in [7, 11) is 0. The van der Waals surface area contributed by atoms with Crippen LogP contribution in [-0.4, -0.2) is 16.7 Å². The quantitative estimate of drug-likeness (QED) is 0.546. The van der Waals surface area contributed by atoms with Gasteiger partial charge in [0.15, 0.2) is 0 Å². The number of unbranched alkanes of at least 4 members (excludes halogenated alkanes) is 8. The molecule has 0 bridgehead atoms. The first-order valence-electron chi connectivity index (χ1n) is 8.57. The Kier molecular flexibility index (Phi) is 7.37. The fourth-order valence-corrected chi connectivity index (χ4v) is 3.00. The normalized spacial score (nSPS) is 11.3. The smallest absolute Gasteiger partial charge is 0.0456 e. The third kappa shape index (κ3) is 5.55. The second kappa shape index (κ2) is 9.62. The number of benzene rings is 1. The highest BCUT2D eigenvalue weighted by Crippen LogP contribution is 2.20. The molecule has 21 heavy (non-hydrogen) atoms. The minimum absolute atomic E-state index is 0.355. The van der Waals surface area contributed by atoms with Gasteiger partial charge in [-0.1, -0.05) is 63.1 Å². The standard InChI is InChI=1S/C19H29NO/c21-15-11-7-5-3-1-2-4-6-8-12-17-16-20-19-14-10-9-13-18(17)19/h9-10,13-14,16,20-21H,1-8,11-12,15H2. The maximum Gasteiger partial charge on any atom is 0.0456 e. The zero-order valence-electron chi connectivity index (χ0n) is 13.1. The SMILES string of the molecule is OCCCCCCCCCCCc1c[nH]c2ccccc12. The van der Waals surface area contributed by atoms with E-state index in [1.165, 1.54) is 74.3 Å². The Balaban J connectivity index is 1.52. The van der Waals surface area contributed by atoms with E-state index in [1.807, 2.05) is 0 Å². The van der Waals surface area contributed by atoms with Crippen LogP contribution in [0.25, 0.3) is 10.9 Å². The molecule has 0 atom stereocenters. The van der Waals surface area contributed by atoms with Crippen molar-refractivity contribution < 1.29 is 5.11 Å². The number of nitrogens with one attached hydrogen (secondary N) is 1. The average Bonchev–Trinajstić information content (AvgIpc) is 2.92. The predicted molar refractivity (Wildman–Crippen MR) is 90.6 cm³/mol. The molecule has 0 aliphatic carbocycles. The van der Waals surface area contributed by atoms with E-state index in [2.05, 4.69) is 35.4 Å². The predicted octanol–water partition coefficient (Wildman–Crippen LogP) is 5.21. The summed E-state index contributed by atoms with van der Waals surface area (Å²) in [4.78, 5) is 3.36. The van der Waals surface area contributed by atoms with E-state index in [0.29, 0.717) is 6.61 Å². The van der Waals surface area contributed by atoms with Crippen molar-refractivity contribution in [2.75, 3.05) is 6.61 Å². The molecule has 0 amide bonds. The van der Waals surface area contributed by atoms with Gasteiger partial charge in [-0.25, -0.2) is 0 Å². The van der Waals surface area contributed by atoms with Crippen LogP contribution < -0.4 is 0 Å².